The summed E-state index contributed by atoms with van der Waals surface area (Å²) in [6.07, 6.45) is 6.24. The molecule has 0 radical (unpaired) electrons. The average molecular weight is 420 g/mol. The second kappa shape index (κ2) is 7.47. The summed E-state index contributed by atoms with van der Waals surface area (Å²) in [5.41, 5.74) is -0.200. The van der Waals surface area contributed by atoms with Crippen molar-refractivity contribution in [1.82, 2.24) is 0 Å². The normalized spacial score (nSPS) is 32.6. The zero-order chi connectivity index (χ0) is 20.7. The Balaban J connectivity index is 0.000000203. The lowest BCUT2D eigenvalue weighted by atomic mass is 9.54. The fraction of sp³-hybridized carbons (Fsp3) is 0.938. The Morgan fingerprint density at radius 2 is 1.48 bits per heavy atom. The molecule has 4 aliphatic rings. The van der Waals surface area contributed by atoms with Gasteiger partial charge in [-0.3, -0.25) is 4.89 Å². The Kier molecular flexibility index (Phi) is 6.19. The van der Waals surface area contributed by atoms with E-state index >= 15 is 0 Å². The van der Waals surface area contributed by atoms with Gasteiger partial charge in [0.25, 0.3) is 0 Å². The van der Waals surface area contributed by atoms with Crippen LogP contribution in [0.25, 0.3) is 0 Å². The number of rotatable bonds is 5. The minimum Gasteiger partial charge on any atom is -0.390 e. The molecule has 0 saturated heterocycles. The molecule has 27 heavy (non-hydrogen) atoms. The summed E-state index contributed by atoms with van der Waals surface area (Å²) in [7, 11) is -6.05. The van der Waals surface area contributed by atoms with Crippen LogP contribution in [0.3, 0.4) is 0 Å². The SMILES string of the molecule is CCC(F)(F)C(F)(F)S(=O)(=O)OOC(C)=O.OC12CC3CC(CC(C3)C1)C2. The van der Waals surface area contributed by atoms with E-state index in [1.54, 1.807) is 0 Å². The molecule has 6 nitrogen and oxygen atoms in total. The third kappa shape index (κ3) is 4.73. The molecule has 0 unspecified atom stereocenters. The summed E-state index contributed by atoms with van der Waals surface area (Å²) in [5.74, 6) is -3.52. The van der Waals surface area contributed by atoms with E-state index in [-0.39, 0.29) is 5.60 Å². The van der Waals surface area contributed by atoms with E-state index in [9.17, 15) is 35.9 Å². The molecule has 0 atom stereocenters. The van der Waals surface area contributed by atoms with Crippen molar-refractivity contribution in [3.05, 3.63) is 0 Å². The van der Waals surface area contributed by atoms with Crippen LogP contribution in [0.4, 0.5) is 17.6 Å². The summed E-state index contributed by atoms with van der Waals surface area (Å²) in [4.78, 5) is 13.4. The molecule has 4 aliphatic carbocycles. The molecule has 4 rings (SSSR count). The third-order valence-corrected chi connectivity index (χ3v) is 6.60. The summed E-state index contributed by atoms with van der Waals surface area (Å²) < 4.78 is 75.1. The highest BCUT2D eigenvalue weighted by Crippen LogP contribution is 2.55. The van der Waals surface area contributed by atoms with E-state index < -0.39 is 33.7 Å². The maximum atomic E-state index is 12.8. The van der Waals surface area contributed by atoms with E-state index in [0.717, 1.165) is 37.0 Å². The predicted octanol–water partition coefficient (Wildman–Crippen LogP) is 3.40. The van der Waals surface area contributed by atoms with Gasteiger partial charge >= 0.3 is 27.3 Å². The number of carbonyl (C=O) groups excluding carboxylic acids is 1. The van der Waals surface area contributed by atoms with Crippen LogP contribution in [0, 0.1) is 17.8 Å². The van der Waals surface area contributed by atoms with E-state index in [0.29, 0.717) is 13.8 Å². The van der Waals surface area contributed by atoms with E-state index in [4.69, 9.17) is 0 Å². The van der Waals surface area contributed by atoms with Crippen molar-refractivity contribution in [2.45, 2.75) is 75.6 Å². The number of aliphatic hydroxyl groups is 1. The molecule has 4 saturated carbocycles. The largest absolute Gasteiger partial charge is 0.434 e. The fourth-order valence-electron chi connectivity index (χ4n) is 4.59. The lowest BCUT2D eigenvalue weighted by Gasteiger charge is -2.54. The van der Waals surface area contributed by atoms with Gasteiger partial charge in [-0.25, -0.2) is 4.79 Å². The molecule has 1 N–H and O–H groups in total. The first-order valence-electron chi connectivity index (χ1n) is 8.80. The van der Waals surface area contributed by atoms with Gasteiger partial charge in [-0.15, -0.1) is 0 Å². The van der Waals surface area contributed by atoms with Gasteiger partial charge in [0.2, 0.25) is 0 Å². The van der Waals surface area contributed by atoms with E-state index in [1.807, 2.05) is 0 Å². The van der Waals surface area contributed by atoms with Gasteiger partial charge in [-0.2, -0.15) is 26.0 Å². The standard InChI is InChI=1S/C10H16O.C6H8F4O5S/c11-10-4-7-1-8(5-10)3-9(2-7)6-10;1-3-5(7,8)6(9,10)16(12,13)15-14-4(2)11/h7-9,11H,1-6H2;3H2,1-2H3. The quantitative estimate of drug-likeness (QED) is 0.417. The number of hydrogen-bond donors (Lipinski definition) is 1. The smallest absolute Gasteiger partial charge is 0.390 e. The van der Waals surface area contributed by atoms with Gasteiger partial charge in [-0.05, 0) is 60.6 Å². The van der Waals surface area contributed by atoms with Crippen molar-refractivity contribution in [3.63, 3.8) is 0 Å². The first-order chi connectivity index (χ1) is 12.2. The highest BCUT2D eigenvalue weighted by atomic mass is 32.2. The second-order valence-corrected chi connectivity index (χ2v) is 9.37. The maximum Gasteiger partial charge on any atom is 0.434 e. The van der Waals surface area contributed by atoms with E-state index in [2.05, 4.69) is 9.22 Å². The Morgan fingerprint density at radius 3 is 1.78 bits per heavy atom. The Morgan fingerprint density at radius 1 is 1.07 bits per heavy atom. The predicted molar refractivity (Wildman–Crippen MR) is 85.1 cm³/mol. The van der Waals surface area contributed by atoms with Crippen molar-refractivity contribution >= 4 is 16.1 Å². The van der Waals surface area contributed by atoms with Gasteiger partial charge in [-0.1, -0.05) is 6.92 Å². The van der Waals surface area contributed by atoms with Crippen molar-refractivity contribution in [2.24, 2.45) is 17.8 Å². The van der Waals surface area contributed by atoms with Crippen LogP contribution in [-0.4, -0.2) is 36.3 Å². The molecule has 0 aromatic rings. The van der Waals surface area contributed by atoms with Crippen LogP contribution in [0.5, 0.6) is 0 Å². The van der Waals surface area contributed by atoms with Crippen LogP contribution in [0.15, 0.2) is 0 Å². The molecule has 0 aromatic heterocycles. The van der Waals surface area contributed by atoms with Crippen molar-refractivity contribution < 1.29 is 45.1 Å². The summed E-state index contributed by atoms with van der Waals surface area (Å²) >= 11 is 0. The Bertz CT molecular complexity index is 629. The van der Waals surface area contributed by atoms with Gasteiger partial charge in [0.15, 0.2) is 0 Å². The fourth-order valence-corrected chi connectivity index (χ4v) is 5.37. The number of alkyl halides is 4. The minimum atomic E-state index is -6.05. The maximum absolute atomic E-state index is 12.8. The molecule has 0 aromatic carbocycles. The summed E-state index contributed by atoms with van der Waals surface area (Å²) in [6.45, 7) is 1.31. The molecule has 0 spiro atoms. The Hall–Kier alpha value is -0.940. The minimum absolute atomic E-state index is 0.200. The van der Waals surface area contributed by atoms with Crippen LogP contribution < -0.4 is 0 Å². The highest BCUT2D eigenvalue weighted by molar-refractivity contribution is 7.87. The van der Waals surface area contributed by atoms with Crippen molar-refractivity contribution in [2.75, 3.05) is 0 Å². The van der Waals surface area contributed by atoms with E-state index in [1.165, 1.54) is 19.3 Å². The van der Waals surface area contributed by atoms with Crippen LogP contribution >= 0.6 is 0 Å². The molecule has 11 heteroatoms. The topological polar surface area (TPSA) is 89.9 Å². The second-order valence-electron chi connectivity index (χ2n) is 7.81. The van der Waals surface area contributed by atoms with Gasteiger partial charge < -0.3 is 5.11 Å². The number of halogens is 4. The first-order valence-corrected chi connectivity index (χ1v) is 10.2. The Labute approximate surface area is 155 Å². The highest BCUT2D eigenvalue weighted by Gasteiger charge is 2.66. The van der Waals surface area contributed by atoms with Crippen LogP contribution in [0.2, 0.25) is 0 Å². The molecule has 0 heterocycles. The molecule has 0 aliphatic heterocycles. The molecular weight excluding hydrogens is 396 g/mol. The lowest BCUT2D eigenvalue weighted by Crippen LogP contribution is -2.50. The van der Waals surface area contributed by atoms with Gasteiger partial charge in [0, 0.05) is 13.3 Å². The van der Waals surface area contributed by atoms with Gasteiger partial charge in [0.05, 0.1) is 5.60 Å². The monoisotopic (exact) mass is 420 g/mol. The van der Waals surface area contributed by atoms with Crippen LogP contribution in [0.1, 0.15) is 58.8 Å². The summed E-state index contributed by atoms with van der Waals surface area (Å²) in [5, 5.41) is 4.62. The molecule has 158 valence electrons. The number of carbonyl (C=O) groups is 1. The van der Waals surface area contributed by atoms with Crippen LogP contribution in [-0.2, 0) is 24.1 Å². The third-order valence-electron chi connectivity index (χ3n) is 5.43. The molecule has 0 amide bonds. The van der Waals surface area contributed by atoms with Crippen molar-refractivity contribution in [1.29, 1.82) is 0 Å². The summed E-state index contributed by atoms with van der Waals surface area (Å²) in [6, 6.07) is 0. The zero-order valence-corrected chi connectivity index (χ0v) is 15.9. The molecular formula is C16H24F4O6S. The molecule has 4 bridgehead atoms. The van der Waals surface area contributed by atoms with Crippen molar-refractivity contribution in [3.8, 4) is 0 Å². The zero-order valence-electron chi connectivity index (χ0n) is 15.1. The lowest BCUT2D eigenvalue weighted by molar-refractivity contribution is -0.221. The van der Waals surface area contributed by atoms with Gasteiger partial charge in [0.1, 0.15) is 0 Å². The molecule has 4 fully saturated rings. The first kappa shape index (κ1) is 22.4. The average Bonchev–Trinajstić information content (AvgIpc) is 2.51. The number of hydrogen-bond acceptors (Lipinski definition) is 6.